The second-order valence-electron chi connectivity index (χ2n) is 6.50. The highest BCUT2D eigenvalue weighted by molar-refractivity contribution is 5.79. The second kappa shape index (κ2) is 9.14. The van der Waals surface area contributed by atoms with E-state index in [-0.39, 0.29) is 6.10 Å². The maximum Gasteiger partial charge on any atom is 0.191 e. The number of rotatable bonds is 7. The number of hydrogen-bond acceptors (Lipinski definition) is 4. The van der Waals surface area contributed by atoms with Crippen LogP contribution in [0.25, 0.3) is 5.65 Å². The van der Waals surface area contributed by atoms with Crippen LogP contribution in [0.2, 0.25) is 0 Å². The fourth-order valence-corrected chi connectivity index (χ4v) is 2.60. The summed E-state index contributed by atoms with van der Waals surface area (Å²) in [5.74, 6) is 1.55. The van der Waals surface area contributed by atoms with Gasteiger partial charge in [-0.25, -0.2) is 0 Å². The smallest absolute Gasteiger partial charge is 0.191 e. The molecule has 2 aromatic heterocycles. The minimum atomic E-state index is 0.239. The summed E-state index contributed by atoms with van der Waals surface area (Å²) in [5, 5.41) is 15.0. The zero-order valence-electron chi connectivity index (χ0n) is 16.0. The molecular weight excluding hydrogens is 340 g/mol. The van der Waals surface area contributed by atoms with Gasteiger partial charge in [0, 0.05) is 19.8 Å². The van der Waals surface area contributed by atoms with E-state index in [1.807, 2.05) is 42.6 Å². The van der Waals surface area contributed by atoms with Crippen molar-refractivity contribution in [2.45, 2.75) is 39.6 Å². The summed E-state index contributed by atoms with van der Waals surface area (Å²) >= 11 is 0. The molecule has 0 aliphatic heterocycles. The number of benzene rings is 1. The van der Waals surface area contributed by atoms with E-state index >= 15 is 0 Å². The maximum atomic E-state index is 5.62. The summed E-state index contributed by atoms with van der Waals surface area (Å²) in [4.78, 5) is 4.27. The standard InChI is InChI=1S/C20H26N6O/c1-15(2)27-14-17-9-7-16(8-10-17)12-22-20(21-3)23-13-19-25-24-18-6-4-5-11-26(18)19/h4-11,15H,12-14H2,1-3H3,(H2,21,22,23). The Bertz CT molecular complexity index is 885. The van der Waals surface area contributed by atoms with Gasteiger partial charge in [0.1, 0.15) is 0 Å². The van der Waals surface area contributed by atoms with E-state index in [4.69, 9.17) is 4.74 Å². The molecular formula is C20H26N6O. The Kier molecular flexibility index (Phi) is 6.38. The lowest BCUT2D eigenvalue weighted by Gasteiger charge is -2.12. The number of guanidine groups is 1. The minimum absolute atomic E-state index is 0.239. The molecule has 0 unspecified atom stereocenters. The Morgan fingerprint density at radius 2 is 1.78 bits per heavy atom. The number of nitrogens with one attached hydrogen (secondary N) is 2. The fourth-order valence-electron chi connectivity index (χ4n) is 2.60. The highest BCUT2D eigenvalue weighted by Gasteiger charge is 2.06. The average molecular weight is 366 g/mol. The summed E-state index contributed by atoms with van der Waals surface area (Å²) in [5.41, 5.74) is 3.19. The molecule has 2 heterocycles. The molecule has 0 bridgehead atoms. The molecule has 0 saturated carbocycles. The lowest BCUT2D eigenvalue weighted by atomic mass is 10.1. The molecule has 7 nitrogen and oxygen atoms in total. The maximum absolute atomic E-state index is 5.62. The Balaban J connectivity index is 1.50. The molecule has 0 fully saturated rings. The largest absolute Gasteiger partial charge is 0.374 e. The summed E-state index contributed by atoms with van der Waals surface area (Å²) in [6, 6.07) is 14.2. The van der Waals surface area contributed by atoms with Crippen LogP contribution in [-0.4, -0.2) is 33.7 Å². The molecule has 0 amide bonds. The van der Waals surface area contributed by atoms with Gasteiger partial charge in [0.05, 0.1) is 19.3 Å². The van der Waals surface area contributed by atoms with E-state index in [0.717, 1.165) is 17.4 Å². The Labute approximate surface area is 159 Å². The summed E-state index contributed by atoms with van der Waals surface area (Å²) in [6.45, 7) is 5.95. The van der Waals surface area contributed by atoms with Crippen molar-refractivity contribution in [3.8, 4) is 0 Å². The molecule has 0 spiro atoms. The predicted molar refractivity (Wildman–Crippen MR) is 106 cm³/mol. The van der Waals surface area contributed by atoms with Gasteiger partial charge in [0.15, 0.2) is 17.4 Å². The first-order valence-electron chi connectivity index (χ1n) is 9.08. The normalized spacial score (nSPS) is 11.9. The van der Waals surface area contributed by atoms with Crippen molar-refractivity contribution in [2.75, 3.05) is 7.05 Å². The third-order valence-corrected chi connectivity index (χ3v) is 4.09. The molecule has 3 rings (SSSR count). The summed E-state index contributed by atoms with van der Waals surface area (Å²) < 4.78 is 7.58. The molecule has 142 valence electrons. The molecule has 0 saturated heterocycles. The molecule has 27 heavy (non-hydrogen) atoms. The molecule has 0 aliphatic carbocycles. The molecule has 7 heteroatoms. The topological polar surface area (TPSA) is 75.8 Å². The number of fused-ring (bicyclic) bond motifs is 1. The van der Waals surface area contributed by atoms with Crippen LogP contribution in [0.5, 0.6) is 0 Å². The average Bonchev–Trinajstić information content (AvgIpc) is 3.10. The molecule has 0 atom stereocenters. The molecule has 0 aliphatic rings. The van der Waals surface area contributed by atoms with Gasteiger partial charge in [-0.05, 0) is 37.1 Å². The summed E-state index contributed by atoms with van der Waals surface area (Å²) in [6.07, 6.45) is 2.19. The van der Waals surface area contributed by atoms with Crippen molar-refractivity contribution >= 4 is 11.6 Å². The van der Waals surface area contributed by atoms with E-state index in [1.165, 1.54) is 11.1 Å². The lowest BCUT2D eigenvalue weighted by Crippen LogP contribution is -2.36. The molecule has 3 aromatic rings. The Hall–Kier alpha value is -2.93. The third kappa shape index (κ3) is 5.27. The monoisotopic (exact) mass is 366 g/mol. The van der Waals surface area contributed by atoms with Crippen molar-refractivity contribution in [3.63, 3.8) is 0 Å². The van der Waals surface area contributed by atoms with Crippen LogP contribution in [0.3, 0.4) is 0 Å². The number of nitrogens with zero attached hydrogens (tertiary/aromatic N) is 4. The van der Waals surface area contributed by atoms with Gasteiger partial charge in [-0.1, -0.05) is 30.3 Å². The molecule has 2 N–H and O–H groups in total. The minimum Gasteiger partial charge on any atom is -0.374 e. The molecule has 1 aromatic carbocycles. The first-order chi connectivity index (χ1) is 13.2. The fraction of sp³-hybridized carbons (Fsp3) is 0.350. The zero-order chi connectivity index (χ0) is 19.1. The number of ether oxygens (including phenoxy) is 1. The number of aromatic nitrogens is 3. The van der Waals surface area contributed by atoms with Crippen LogP contribution in [0, 0.1) is 0 Å². The number of aliphatic imine (C=N–C) groups is 1. The van der Waals surface area contributed by atoms with Gasteiger partial charge in [-0.15, -0.1) is 10.2 Å². The van der Waals surface area contributed by atoms with Gasteiger partial charge >= 0.3 is 0 Å². The van der Waals surface area contributed by atoms with Gasteiger partial charge in [-0.3, -0.25) is 9.39 Å². The van der Waals surface area contributed by atoms with Crippen LogP contribution in [0.1, 0.15) is 30.8 Å². The van der Waals surface area contributed by atoms with Gasteiger partial charge < -0.3 is 15.4 Å². The highest BCUT2D eigenvalue weighted by atomic mass is 16.5. The molecule has 0 radical (unpaired) electrons. The van der Waals surface area contributed by atoms with Gasteiger partial charge in [0.25, 0.3) is 0 Å². The van der Waals surface area contributed by atoms with Crippen LogP contribution in [0.4, 0.5) is 0 Å². The van der Waals surface area contributed by atoms with Crippen LogP contribution in [0.15, 0.2) is 53.7 Å². The van der Waals surface area contributed by atoms with Crippen LogP contribution >= 0.6 is 0 Å². The lowest BCUT2D eigenvalue weighted by molar-refractivity contribution is 0.0657. The predicted octanol–water partition coefficient (Wildman–Crippen LogP) is 2.52. The van der Waals surface area contributed by atoms with Crippen molar-refractivity contribution in [2.24, 2.45) is 4.99 Å². The number of pyridine rings is 1. The van der Waals surface area contributed by atoms with Crippen molar-refractivity contribution in [1.29, 1.82) is 0 Å². The van der Waals surface area contributed by atoms with E-state index in [2.05, 4.69) is 50.1 Å². The first kappa shape index (κ1) is 18.8. The SMILES string of the molecule is CN=C(NCc1ccc(COC(C)C)cc1)NCc1nnc2ccccn12. The van der Waals surface area contributed by atoms with E-state index < -0.39 is 0 Å². The van der Waals surface area contributed by atoms with Crippen molar-refractivity contribution in [3.05, 3.63) is 65.6 Å². The second-order valence-corrected chi connectivity index (χ2v) is 6.50. The van der Waals surface area contributed by atoms with Gasteiger partial charge in [0.2, 0.25) is 0 Å². The van der Waals surface area contributed by atoms with Crippen LogP contribution < -0.4 is 10.6 Å². The van der Waals surface area contributed by atoms with Crippen molar-refractivity contribution < 1.29 is 4.74 Å². The Morgan fingerprint density at radius 3 is 2.52 bits per heavy atom. The van der Waals surface area contributed by atoms with E-state index in [9.17, 15) is 0 Å². The van der Waals surface area contributed by atoms with E-state index in [1.54, 1.807) is 7.05 Å². The zero-order valence-corrected chi connectivity index (χ0v) is 16.0. The quantitative estimate of drug-likeness (QED) is 0.496. The van der Waals surface area contributed by atoms with Crippen molar-refractivity contribution in [1.82, 2.24) is 25.2 Å². The first-order valence-corrected chi connectivity index (χ1v) is 9.08. The van der Waals surface area contributed by atoms with Gasteiger partial charge in [-0.2, -0.15) is 0 Å². The summed E-state index contributed by atoms with van der Waals surface area (Å²) in [7, 11) is 1.75. The third-order valence-electron chi connectivity index (χ3n) is 4.09. The number of hydrogen-bond donors (Lipinski definition) is 2. The highest BCUT2D eigenvalue weighted by Crippen LogP contribution is 2.07. The Morgan fingerprint density at radius 1 is 1.04 bits per heavy atom. The van der Waals surface area contributed by atoms with Crippen LogP contribution in [-0.2, 0) is 24.4 Å². The van der Waals surface area contributed by atoms with E-state index in [0.29, 0.717) is 19.7 Å².